The highest BCUT2D eigenvalue weighted by atomic mass is 32.2. The highest BCUT2D eigenvalue weighted by Crippen LogP contribution is 2.29. The van der Waals surface area contributed by atoms with Crippen molar-refractivity contribution in [3.63, 3.8) is 0 Å². The van der Waals surface area contributed by atoms with Gasteiger partial charge in [-0.3, -0.25) is 4.90 Å². The lowest BCUT2D eigenvalue weighted by molar-refractivity contribution is 0.180. The van der Waals surface area contributed by atoms with Crippen LogP contribution < -0.4 is 0 Å². The van der Waals surface area contributed by atoms with Gasteiger partial charge in [0.1, 0.15) is 23.0 Å². The van der Waals surface area contributed by atoms with Crippen LogP contribution in [0.15, 0.2) is 15.4 Å². The second-order valence-electron chi connectivity index (χ2n) is 5.46. The van der Waals surface area contributed by atoms with Crippen LogP contribution in [0.4, 0.5) is 0 Å². The van der Waals surface area contributed by atoms with E-state index in [0.717, 1.165) is 13.1 Å². The predicted molar refractivity (Wildman–Crippen MR) is 72.7 cm³/mol. The summed E-state index contributed by atoms with van der Waals surface area (Å²) >= 11 is 0. The summed E-state index contributed by atoms with van der Waals surface area (Å²) in [6.07, 6.45) is 2.49. The number of hydrogen-bond donors (Lipinski definition) is 1. The molecule has 0 aromatic carbocycles. The standard InChI is InChI=1S/C13H20N2O4S/c1-10-13(8-12(9-16)19-10)20(17,18)15-6-4-14(5-7-15)11-2-3-11/h8,11,16H,2-7,9H2,1H3. The monoisotopic (exact) mass is 300 g/mol. The molecule has 0 bridgehead atoms. The van der Waals surface area contributed by atoms with Crippen molar-refractivity contribution in [2.75, 3.05) is 26.2 Å². The number of sulfonamides is 1. The van der Waals surface area contributed by atoms with E-state index in [-0.39, 0.29) is 17.3 Å². The summed E-state index contributed by atoms with van der Waals surface area (Å²) in [5.41, 5.74) is 0. The number of rotatable bonds is 4. The third-order valence-electron chi connectivity index (χ3n) is 4.03. The maximum atomic E-state index is 12.6. The molecule has 0 spiro atoms. The van der Waals surface area contributed by atoms with E-state index < -0.39 is 10.0 Å². The van der Waals surface area contributed by atoms with E-state index in [1.54, 1.807) is 6.92 Å². The van der Waals surface area contributed by atoms with Gasteiger partial charge in [-0.1, -0.05) is 0 Å². The Morgan fingerprint density at radius 1 is 1.30 bits per heavy atom. The van der Waals surface area contributed by atoms with Gasteiger partial charge < -0.3 is 9.52 Å². The molecule has 2 aliphatic rings. The van der Waals surface area contributed by atoms with Crippen molar-refractivity contribution in [1.82, 2.24) is 9.21 Å². The van der Waals surface area contributed by atoms with Gasteiger partial charge in [0.15, 0.2) is 0 Å². The number of aliphatic hydroxyl groups excluding tert-OH is 1. The fourth-order valence-corrected chi connectivity index (χ4v) is 4.35. The Balaban J connectivity index is 1.76. The normalized spacial score (nSPS) is 22.3. The first-order valence-electron chi connectivity index (χ1n) is 6.97. The van der Waals surface area contributed by atoms with Crippen LogP contribution in [0.2, 0.25) is 0 Å². The van der Waals surface area contributed by atoms with E-state index in [2.05, 4.69) is 4.90 Å². The second-order valence-corrected chi connectivity index (χ2v) is 7.37. The Morgan fingerprint density at radius 3 is 2.45 bits per heavy atom. The van der Waals surface area contributed by atoms with E-state index in [1.165, 1.54) is 23.2 Å². The molecule has 3 rings (SSSR count). The molecule has 1 aliphatic carbocycles. The van der Waals surface area contributed by atoms with Crippen LogP contribution in [0.3, 0.4) is 0 Å². The molecule has 0 radical (unpaired) electrons. The van der Waals surface area contributed by atoms with E-state index >= 15 is 0 Å². The van der Waals surface area contributed by atoms with Crippen molar-refractivity contribution in [3.8, 4) is 0 Å². The van der Waals surface area contributed by atoms with Gasteiger partial charge in [-0.25, -0.2) is 8.42 Å². The zero-order chi connectivity index (χ0) is 14.3. The van der Waals surface area contributed by atoms with Gasteiger partial charge in [-0.2, -0.15) is 4.31 Å². The first kappa shape index (κ1) is 14.1. The molecule has 1 aromatic rings. The number of furan rings is 1. The molecule has 0 amide bonds. The molecule has 0 unspecified atom stereocenters. The van der Waals surface area contributed by atoms with E-state index in [1.807, 2.05) is 0 Å². The lowest BCUT2D eigenvalue weighted by Gasteiger charge is -2.33. The molecular formula is C13H20N2O4S. The average molecular weight is 300 g/mol. The third-order valence-corrected chi connectivity index (χ3v) is 6.04. The van der Waals surface area contributed by atoms with Crippen LogP contribution in [-0.4, -0.2) is 55.0 Å². The minimum Gasteiger partial charge on any atom is -0.462 e. The van der Waals surface area contributed by atoms with Gasteiger partial charge in [-0.05, 0) is 19.8 Å². The van der Waals surface area contributed by atoms with Crippen LogP contribution in [0.5, 0.6) is 0 Å². The summed E-state index contributed by atoms with van der Waals surface area (Å²) < 4.78 is 32.0. The van der Waals surface area contributed by atoms with Crippen molar-refractivity contribution < 1.29 is 17.9 Å². The van der Waals surface area contributed by atoms with E-state index in [0.29, 0.717) is 24.9 Å². The van der Waals surface area contributed by atoms with Gasteiger partial charge >= 0.3 is 0 Å². The first-order valence-corrected chi connectivity index (χ1v) is 8.41. The third kappa shape index (κ3) is 2.50. The van der Waals surface area contributed by atoms with Crippen molar-refractivity contribution >= 4 is 10.0 Å². The molecule has 0 atom stereocenters. The summed E-state index contributed by atoms with van der Waals surface area (Å²) in [6.45, 7) is 3.98. The van der Waals surface area contributed by atoms with Gasteiger partial charge in [0.25, 0.3) is 0 Å². The zero-order valence-corrected chi connectivity index (χ0v) is 12.4. The summed E-state index contributed by atoms with van der Waals surface area (Å²) in [4.78, 5) is 2.55. The lowest BCUT2D eigenvalue weighted by atomic mass is 10.3. The number of aliphatic hydroxyl groups is 1. The fraction of sp³-hybridized carbons (Fsp3) is 0.692. The highest BCUT2D eigenvalue weighted by molar-refractivity contribution is 7.89. The molecule has 2 fully saturated rings. The Kier molecular flexibility index (Phi) is 3.62. The molecule has 1 aliphatic heterocycles. The maximum absolute atomic E-state index is 12.6. The van der Waals surface area contributed by atoms with E-state index in [4.69, 9.17) is 9.52 Å². The summed E-state index contributed by atoms with van der Waals surface area (Å²) in [5.74, 6) is 0.636. The van der Waals surface area contributed by atoms with Crippen LogP contribution in [0.25, 0.3) is 0 Å². The predicted octanol–water partition coefficient (Wildman–Crippen LogP) is 0.549. The van der Waals surface area contributed by atoms with Gasteiger partial charge in [0, 0.05) is 38.3 Å². The molecule has 112 valence electrons. The minimum absolute atomic E-state index is 0.182. The van der Waals surface area contributed by atoms with Crippen LogP contribution in [0, 0.1) is 6.92 Å². The van der Waals surface area contributed by atoms with Crippen molar-refractivity contribution in [2.24, 2.45) is 0 Å². The summed E-state index contributed by atoms with van der Waals surface area (Å²) in [7, 11) is -3.51. The fourth-order valence-electron chi connectivity index (χ4n) is 2.75. The van der Waals surface area contributed by atoms with Crippen molar-refractivity contribution in [2.45, 2.75) is 37.3 Å². The van der Waals surface area contributed by atoms with Crippen molar-refractivity contribution in [1.29, 1.82) is 0 Å². The number of nitrogens with zero attached hydrogens (tertiary/aromatic N) is 2. The van der Waals surface area contributed by atoms with Crippen LogP contribution in [-0.2, 0) is 16.6 Å². The largest absolute Gasteiger partial charge is 0.462 e. The van der Waals surface area contributed by atoms with Gasteiger partial charge in [0.2, 0.25) is 10.0 Å². The topological polar surface area (TPSA) is 74.0 Å². The Hall–Kier alpha value is -0.890. The number of piperazine rings is 1. The molecule has 20 heavy (non-hydrogen) atoms. The van der Waals surface area contributed by atoms with Crippen molar-refractivity contribution in [3.05, 3.63) is 17.6 Å². The second kappa shape index (κ2) is 5.14. The Bertz CT molecular complexity index is 584. The Morgan fingerprint density at radius 2 is 1.95 bits per heavy atom. The van der Waals surface area contributed by atoms with Gasteiger partial charge in [-0.15, -0.1) is 0 Å². The van der Waals surface area contributed by atoms with E-state index in [9.17, 15) is 8.42 Å². The lowest BCUT2D eigenvalue weighted by Crippen LogP contribution is -2.49. The quantitative estimate of drug-likeness (QED) is 0.879. The molecule has 2 heterocycles. The summed E-state index contributed by atoms with van der Waals surface area (Å²) in [6, 6.07) is 2.11. The van der Waals surface area contributed by atoms with Crippen LogP contribution in [0.1, 0.15) is 24.4 Å². The molecule has 6 nitrogen and oxygen atoms in total. The molecule has 1 N–H and O–H groups in total. The molecule has 1 saturated carbocycles. The first-order chi connectivity index (χ1) is 9.52. The number of aryl methyl sites for hydroxylation is 1. The zero-order valence-electron chi connectivity index (χ0n) is 11.6. The van der Waals surface area contributed by atoms with Gasteiger partial charge in [0.05, 0.1) is 0 Å². The average Bonchev–Trinajstić information content (AvgIpc) is 3.21. The maximum Gasteiger partial charge on any atom is 0.246 e. The van der Waals surface area contributed by atoms with Crippen LogP contribution >= 0.6 is 0 Å². The molecule has 7 heteroatoms. The number of hydrogen-bond acceptors (Lipinski definition) is 5. The highest BCUT2D eigenvalue weighted by Gasteiger charge is 2.36. The molecule has 1 aromatic heterocycles. The molecular weight excluding hydrogens is 280 g/mol. The molecule has 1 saturated heterocycles. The minimum atomic E-state index is -3.51. The summed E-state index contributed by atoms with van der Waals surface area (Å²) in [5, 5.41) is 9.05. The smallest absolute Gasteiger partial charge is 0.246 e. The SMILES string of the molecule is Cc1oc(CO)cc1S(=O)(=O)N1CCN(C2CC2)CC1. The Labute approximate surface area is 119 Å².